The Morgan fingerprint density at radius 3 is 2.79 bits per heavy atom. The number of rotatable bonds is 3. The summed E-state index contributed by atoms with van der Waals surface area (Å²) in [7, 11) is 3.40. The lowest BCUT2D eigenvalue weighted by molar-refractivity contribution is 0.0821. The van der Waals surface area contributed by atoms with Gasteiger partial charge in [0.2, 0.25) is 0 Å². The van der Waals surface area contributed by atoms with E-state index in [1.165, 1.54) is 4.90 Å². The topological polar surface area (TPSA) is 70.2 Å². The van der Waals surface area contributed by atoms with Crippen LogP contribution in [0, 0.1) is 0 Å². The minimum Gasteiger partial charge on any atom is -0.364 e. The van der Waals surface area contributed by atoms with Crippen LogP contribution in [0.3, 0.4) is 0 Å². The number of carbonyl (C=O) groups excluding carboxylic acids is 1. The molecule has 2 heterocycles. The van der Waals surface area contributed by atoms with Gasteiger partial charge in [-0.1, -0.05) is 0 Å². The number of hydrogen-bond acceptors (Lipinski definition) is 5. The van der Waals surface area contributed by atoms with Gasteiger partial charge in [0.05, 0.1) is 0 Å². The van der Waals surface area contributed by atoms with E-state index in [0.29, 0.717) is 17.8 Å². The second kappa shape index (κ2) is 5.97. The summed E-state index contributed by atoms with van der Waals surface area (Å²) in [5.41, 5.74) is 0.366. The third-order valence-corrected chi connectivity index (χ3v) is 3.38. The standard InChI is InChI=1S/C13H21N5O/c1-9-10(5-4-8-14-9)15-12-7-6-11(16-17-12)13(19)18(2)3/h6-7,9-10,14H,4-5,8H2,1-3H3,(H,15,17). The minimum absolute atomic E-state index is 0.133. The summed E-state index contributed by atoms with van der Waals surface area (Å²) in [5.74, 6) is 0.586. The molecule has 2 atom stereocenters. The molecule has 6 nitrogen and oxygen atoms in total. The smallest absolute Gasteiger partial charge is 0.273 e. The summed E-state index contributed by atoms with van der Waals surface area (Å²) in [6.07, 6.45) is 2.28. The van der Waals surface area contributed by atoms with Gasteiger partial charge in [-0.15, -0.1) is 10.2 Å². The zero-order chi connectivity index (χ0) is 13.8. The molecule has 0 spiro atoms. The Morgan fingerprint density at radius 2 is 2.21 bits per heavy atom. The summed E-state index contributed by atoms with van der Waals surface area (Å²) in [6, 6.07) is 4.29. The third kappa shape index (κ3) is 3.41. The van der Waals surface area contributed by atoms with Crippen LogP contribution >= 0.6 is 0 Å². The quantitative estimate of drug-likeness (QED) is 0.841. The van der Waals surface area contributed by atoms with Crippen LogP contribution in [0.5, 0.6) is 0 Å². The summed E-state index contributed by atoms with van der Waals surface area (Å²) in [6.45, 7) is 3.23. The van der Waals surface area contributed by atoms with Gasteiger partial charge in [0, 0.05) is 26.2 Å². The molecule has 0 saturated carbocycles. The van der Waals surface area contributed by atoms with Crippen LogP contribution in [0.25, 0.3) is 0 Å². The zero-order valence-corrected chi connectivity index (χ0v) is 11.7. The molecule has 0 bridgehead atoms. The van der Waals surface area contributed by atoms with Crippen LogP contribution in [-0.4, -0.2) is 53.7 Å². The van der Waals surface area contributed by atoms with Gasteiger partial charge in [0.15, 0.2) is 5.69 Å². The van der Waals surface area contributed by atoms with E-state index in [4.69, 9.17) is 0 Å². The predicted molar refractivity (Wildman–Crippen MR) is 74.2 cm³/mol. The van der Waals surface area contributed by atoms with E-state index in [9.17, 15) is 4.79 Å². The molecule has 1 aliphatic rings. The molecule has 0 aromatic carbocycles. The van der Waals surface area contributed by atoms with Gasteiger partial charge in [0.1, 0.15) is 5.82 Å². The lowest BCUT2D eigenvalue weighted by atomic mass is 10.00. The van der Waals surface area contributed by atoms with E-state index in [1.807, 2.05) is 6.07 Å². The SMILES string of the molecule is CC1NCCCC1Nc1ccc(C(=O)N(C)C)nn1. The second-order valence-corrected chi connectivity index (χ2v) is 5.14. The summed E-state index contributed by atoms with van der Waals surface area (Å²) < 4.78 is 0. The molecule has 2 unspecified atom stereocenters. The van der Waals surface area contributed by atoms with Gasteiger partial charge in [-0.05, 0) is 38.4 Å². The van der Waals surface area contributed by atoms with Crippen molar-refractivity contribution >= 4 is 11.7 Å². The predicted octanol–water partition coefficient (Wildman–Crippen LogP) is 0.731. The van der Waals surface area contributed by atoms with Crippen molar-refractivity contribution < 1.29 is 4.79 Å². The average molecular weight is 263 g/mol. The minimum atomic E-state index is -0.133. The molecule has 19 heavy (non-hydrogen) atoms. The Balaban J connectivity index is 2.00. The van der Waals surface area contributed by atoms with Crippen molar-refractivity contribution in [3.63, 3.8) is 0 Å². The summed E-state index contributed by atoms with van der Waals surface area (Å²) in [5, 5.41) is 14.8. The molecule has 1 aliphatic heterocycles. The number of hydrogen-bond donors (Lipinski definition) is 2. The van der Waals surface area contributed by atoms with E-state index in [-0.39, 0.29) is 5.91 Å². The van der Waals surface area contributed by atoms with Crippen molar-refractivity contribution in [3.8, 4) is 0 Å². The fourth-order valence-electron chi connectivity index (χ4n) is 2.18. The fraction of sp³-hybridized carbons (Fsp3) is 0.615. The van der Waals surface area contributed by atoms with Crippen molar-refractivity contribution in [2.75, 3.05) is 26.0 Å². The summed E-state index contributed by atoms with van der Waals surface area (Å²) in [4.78, 5) is 13.2. The van der Waals surface area contributed by atoms with E-state index in [0.717, 1.165) is 25.2 Å². The van der Waals surface area contributed by atoms with Crippen molar-refractivity contribution in [3.05, 3.63) is 17.8 Å². The molecule has 6 heteroatoms. The maximum Gasteiger partial charge on any atom is 0.273 e. The maximum atomic E-state index is 11.7. The first-order chi connectivity index (χ1) is 9.08. The molecule has 104 valence electrons. The largest absolute Gasteiger partial charge is 0.364 e. The molecule has 1 aromatic rings. The number of amides is 1. The van der Waals surface area contributed by atoms with Crippen LogP contribution in [0.2, 0.25) is 0 Å². The molecular formula is C13H21N5O. The van der Waals surface area contributed by atoms with E-state index in [2.05, 4.69) is 27.8 Å². The second-order valence-electron chi connectivity index (χ2n) is 5.14. The third-order valence-electron chi connectivity index (χ3n) is 3.38. The zero-order valence-electron chi connectivity index (χ0n) is 11.7. The van der Waals surface area contributed by atoms with Crippen molar-refractivity contribution in [1.82, 2.24) is 20.4 Å². The first kappa shape index (κ1) is 13.7. The monoisotopic (exact) mass is 263 g/mol. The van der Waals surface area contributed by atoms with Gasteiger partial charge < -0.3 is 15.5 Å². The highest BCUT2D eigenvalue weighted by Crippen LogP contribution is 2.14. The molecule has 2 N–H and O–H groups in total. The molecule has 1 aromatic heterocycles. The Labute approximate surface area is 113 Å². The highest BCUT2D eigenvalue weighted by molar-refractivity contribution is 5.91. The van der Waals surface area contributed by atoms with Crippen LogP contribution in [0.4, 0.5) is 5.82 Å². The van der Waals surface area contributed by atoms with Gasteiger partial charge in [-0.2, -0.15) is 0 Å². The molecular weight excluding hydrogens is 242 g/mol. The first-order valence-electron chi connectivity index (χ1n) is 6.63. The molecule has 1 amide bonds. The van der Waals surface area contributed by atoms with Crippen molar-refractivity contribution in [1.29, 1.82) is 0 Å². The molecule has 1 saturated heterocycles. The van der Waals surface area contributed by atoms with Gasteiger partial charge >= 0.3 is 0 Å². The van der Waals surface area contributed by atoms with Gasteiger partial charge in [-0.25, -0.2) is 0 Å². The van der Waals surface area contributed by atoms with Gasteiger partial charge in [0.25, 0.3) is 5.91 Å². The van der Waals surface area contributed by atoms with E-state index < -0.39 is 0 Å². The van der Waals surface area contributed by atoms with Crippen LogP contribution in [0.1, 0.15) is 30.3 Å². The number of nitrogens with zero attached hydrogens (tertiary/aromatic N) is 3. The highest BCUT2D eigenvalue weighted by Gasteiger charge is 2.21. The normalized spacial score (nSPS) is 22.9. The van der Waals surface area contributed by atoms with Crippen LogP contribution in [0.15, 0.2) is 12.1 Å². The Morgan fingerprint density at radius 1 is 1.42 bits per heavy atom. The van der Waals surface area contributed by atoms with Crippen LogP contribution < -0.4 is 10.6 Å². The van der Waals surface area contributed by atoms with Crippen molar-refractivity contribution in [2.24, 2.45) is 0 Å². The Hall–Kier alpha value is -1.69. The number of nitrogens with one attached hydrogen (secondary N) is 2. The van der Waals surface area contributed by atoms with E-state index >= 15 is 0 Å². The maximum absolute atomic E-state index is 11.7. The average Bonchev–Trinajstić information content (AvgIpc) is 2.41. The van der Waals surface area contributed by atoms with Gasteiger partial charge in [-0.3, -0.25) is 4.79 Å². The Kier molecular flexibility index (Phi) is 4.31. The highest BCUT2D eigenvalue weighted by atomic mass is 16.2. The Bertz CT molecular complexity index is 431. The van der Waals surface area contributed by atoms with Crippen molar-refractivity contribution in [2.45, 2.75) is 31.8 Å². The number of piperidine rings is 1. The lowest BCUT2D eigenvalue weighted by Gasteiger charge is -2.30. The van der Waals surface area contributed by atoms with Crippen LogP contribution in [-0.2, 0) is 0 Å². The molecule has 1 fully saturated rings. The summed E-state index contributed by atoms with van der Waals surface area (Å²) >= 11 is 0. The fourth-order valence-corrected chi connectivity index (χ4v) is 2.18. The molecule has 2 rings (SSSR count). The number of anilines is 1. The first-order valence-corrected chi connectivity index (χ1v) is 6.63. The number of aromatic nitrogens is 2. The molecule has 0 radical (unpaired) electrons. The molecule has 0 aliphatic carbocycles. The lowest BCUT2D eigenvalue weighted by Crippen LogP contribution is -2.46. The number of carbonyl (C=O) groups is 1. The van der Waals surface area contributed by atoms with E-state index in [1.54, 1.807) is 20.2 Å².